The summed E-state index contributed by atoms with van der Waals surface area (Å²) in [6.07, 6.45) is 10.2. The lowest BCUT2D eigenvalue weighted by atomic mass is 10.2. The number of nitrogens with zero attached hydrogens (tertiary/aromatic N) is 2. The van der Waals surface area contributed by atoms with Crippen molar-refractivity contribution in [1.82, 2.24) is 9.97 Å². The van der Waals surface area contributed by atoms with Crippen LogP contribution in [-0.2, 0) is 6.42 Å². The molecule has 0 saturated heterocycles. The molecule has 0 saturated carbocycles. The first-order chi connectivity index (χ1) is 15.6. The van der Waals surface area contributed by atoms with Crippen molar-refractivity contribution in [1.29, 1.82) is 0 Å². The largest absolute Gasteiger partial charge is 0.492 e. The molecule has 3 rings (SSSR count). The first-order valence-corrected chi connectivity index (χ1v) is 11.5. The van der Waals surface area contributed by atoms with Gasteiger partial charge in [0.1, 0.15) is 11.5 Å². The van der Waals surface area contributed by atoms with Crippen LogP contribution >= 0.6 is 11.6 Å². The molecule has 1 aromatic heterocycles. The van der Waals surface area contributed by atoms with Crippen molar-refractivity contribution >= 4 is 17.6 Å². The molecule has 0 radical (unpaired) electrons. The molecule has 0 aliphatic rings. The number of carbonyl (C=O) groups excluding carboxylic acids is 1. The van der Waals surface area contributed by atoms with Gasteiger partial charge in [0.2, 0.25) is 0 Å². The highest BCUT2D eigenvalue weighted by atomic mass is 35.5. The van der Waals surface area contributed by atoms with Crippen LogP contribution in [0.2, 0.25) is 5.02 Å². The lowest BCUT2D eigenvalue weighted by molar-refractivity contribution is 0.0734. The molecule has 0 fully saturated rings. The second kappa shape index (κ2) is 12.2. The Hall–Kier alpha value is -2.92. The minimum Gasteiger partial charge on any atom is -0.492 e. The Labute approximate surface area is 194 Å². The summed E-state index contributed by atoms with van der Waals surface area (Å²) in [5, 5.41) is 0.397. The molecule has 3 aromatic rings. The summed E-state index contributed by atoms with van der Waals surface area (Å²) in [6.45, 7) is 4.91. The predicted molar refractivity (Wildman–Crippen MR) is 128 cm³/mol. The Morgan fingerprint density at radius 3 is 2.34 bits per heavy atom. The average molecular weight is 453 g/mol. The summed E-state index contributed by atoms with van der Waals surface area (Å²) in [7, 11) is 0. The van der Waals surface area contributed by atoms with Crippen molar-refractivity contribution in [3.05, 3.63) is 71.0 Å². The van der Waals surface area contributed by atoms with Crippen molar-refractivity contribution in [2.75, 3.05) is 6.61 Å². The van der Waals surface area contributed by atoms with Gasteiger partial charge in [-0.3, -0.25) is 0 Å². The van der Waals surface area contributed by atoms with Crippen LogP contribution in [0.4, 0.5) is 0 Å². The SMILES string of the molecule is CCCCCCOc1ccc(C(=O)Oc2ccc(-c3ncc(CCC)cn3)cc2)cc1Cl. The second-order valence-electron chi connectivity index (χ2n) is 7.63. The van der Waals surface area contributed by atoms with Crippen molar-refractivity contribution in [2.45, 2.75) is 52.4 Å². The van der Waals surface area contributed by atoms with Crippen molar-refractivity contribution in [2.24, 2.45) is 0 Å². The van der Waals surface area contributed by atoms with Gasteiger partial charge in [0.25, 0.3) is 0 Å². The maximum Gasteiger partial charge on any atom is 0.343 e. The highest BCUT2D eigenvalue weighted by Gasteiger charge is 2.12. The quantitative estimate of drug-likeness (QED) is 0.179. The van der Waals surface area contributed by atoms with Gasteiger partial charge in [0, 0.05) is 18.0 Å². The zero-order valence-corrected chi connectivity index (χ0v) is 19.4. The molecule has 0 unspecified atom stereocenters. The van der Waals surface area contributed by atoms with Gasteiger partial charge in [0.05, 0.1) is 17.2 Å². The summed E-state index contributed by atoms with van der Waals surface area (Å²) >= 11 is 6.29. The van der Waals surface area contributed by atoms with Crippen LogP contribution in [0.3, 0.4) is 0 Å². The first-order valence-electron chi connectivity index (χ1n) is 11.2. The van der Waals surface area contributed by atoms with Gasteiger partial charge in [-0.25, -0.2) is 14.8 Å². The molecule has 1 heterocycles. The number of halogens is 1. The standard InChI is InChI=1S/C26H29ClN2O3/c1-3-5-6-7-15-31-24-14-11-21(16-23(24)27)26(30)32-22-12-9-20(10-13-22)25-28-17-19(8-4-2)18-29-25/h9-14,16-18H,3-8,15H2,1-2H3. The van der Waals surface area contributed by atoms with Crippen molar-refractivity contribution < 1.29 is 14.3 Å². The van der Waals surface area contributed by atoms with E-state index in [1.54, 1.807) is 30.3 Å². The van der Waals surface area contributed by atoms with Gasteiger partial charge in [-0.1, -0.05) is 51.1 Å². The number of hydrogen-bond acceptors (Lipinski definition) is 5. The molecular weight excluding hydrogens is 424 g/mol. The van der Waals surface area contributed by atoms with Crippen LogP contribution < -0.4 is 9.47 Å². The summed E-state index contributed by atoms with van der Waals surface area (Å²) in [4.78, 5) is 21.3. The summed E-state index contributed by atoms with van der Waals surface area (Å²) in [5.41, 5.74) is 2.34. The number of rotatable bonds is 11. The molecule has 168 valence electrons. The minimum atomic E-state index is -0.477. The molecule has 0 N–H and O–H groups in total. The fourth-order valence-electron chi connectivity index (χ4n) is 3.22. The van der Waals surface area contributed by atoms with Gasteiger partial charge in [-0.05, 0) is 60.9 Å². The maximum atomic E-state index is 12.5. The molecule has 0 atom stereocenters. The van der Waals surface area contributed by atoms with E-state index in [2.05, 4.69) is 23.8 Å². The van der Waals surface area contributed by atoms with E-state index in [0.717, 1.165) is 36.8 Å². The third-order valence-corrected chi connectivity index (χ3v) is 5.29. The number of benzene rings is 2. The van der Waals surface area contributed by atoms with Gasteiger partial charge in [0.15, 0.2) is 5.82 Å². The molecule has 0 spiro atoms. The lowest BCUT2D eigenvalue weighted by Gasteiger charge is -2.10. The average Bonchev–Trinajstić information content (AvgIpc) is 2.81. The summed E-state index contributed by atoms with van der Waals surface area (Å²) in [6, 6.07) is 12.1. The molecule has 0 aliphatic carbocycles. The first kappa shape index (κ1) is 23.7. The molecule has 0 bridgehead atoms. The zero-order chi connectivity index (χ0) is 22.8. The van der Waals surface area contributed by atoms with Crippen LogP contribution in [0, 0.1) is 0 Å². The van der Waals surface area contributed by atoms with E-state index in [9.17, 15) is 4.79 Å². The third kappa shape index (κ3) is 6.79. The topological polar surface area (TPSA) is 61.3 Å². The lowest BCUT2D eigenvalue weighted by Crippen LogP contribution is -2.08. The van der Waals surface area contributed by atoms with Gasteiger partial charge in [-0.2, -0.15) is 0 Å². The number of ether oxygens (including phenoxy) is 2. The monoisotopic (exact) mass is 452 g/mol. The second-order valence-corrected chi connectivity index (χ2v) is 8.04. The molecular formula is C26H29ClN2O3. The molecule has 6 heteroatoms. The van der Waals surface area contributed by atoms with E-state index < -0.39 is 5.97 Å². The van der Waals surface area contributed by atoms with Crippen LogP contribution in [-0.4, -0.2) is 22.5 Å². The number of aromatic nitrogens is 2. The van der Waals surface area contributed by atoms with E-state index in [0.29, 0.717) is 34.5 Å². The fourth-order valence-corrected chi connectivity index (χ4v) is 3.45. The van der Waals surface area contributed by atoms with E-state index in [1.165, 1.54) is 12.8 Å². The van der Waals surface area contributed by atoms with Gasteiger partial charge < -0.3 is 9.47 Å². The molecule has 0 aliphatic heterocycles. The van der Waals surface area contributed by atoms with E-state index in [4.69, 9.17) is 21.1 Å². The normalized spacial score (nSPS) is 10.7. The van der Waals surface area contributed by atoms with E-state index in [1.807, 2.05) is 24.5 Å². The highest BCUT2D eigenvalue weighted by Crippen LogP contribution is 2.27. The number of aryl methyl sites for hydroxylation is 1. The smallest absolute Gasteiger partial charge is 0.343 e. The van der Waals surface area contributed by atoms with Crippen LogP contribution in [0.25, 0.3) is 11.4 Å². The van der Waals surface area contributed by atoms with Crippen LogP contribution in [0.5, 0.6) is 11.5 Å². The highest BCUT2D eigenvalue weighted by molar-refractivity contribution is 6.32. The predicted octanol–water partition coefficient (Wildman–Crippen LogP) is 6.93. The number of esters is 1. The Balaban J connectivity index is 1.57. The molecule has 2 aromatic carbocycles. The number of unbranched alkanes of at least 4 members (excludes halogenated alkanes) is 3. The Morgan fingerprint density at radius 1 is 0.938 bits per heavy atom. The number of hydrogen-bond donors (Lipinski definition) is 0. The minimum absolute atomic E-state index is 0.368. The third-order valence-electron chi connectivity index (χ3n) is 4.99. The Kier molecular flexibility index (Phi) is 9.05. The van der Waals surface area contributed by atoms with E-state index in [-0.39, 0.29) is 0 Å². The zero-order valence-electron chi connectivity index (χ0n) is 18.6. The Bertz CT molecular complexity index is 1000. The summed E-state index contributed by atoms with van der Waals surface area (Å²) in [5.74, 6) is 1.18. The maximum absolute atomic E-state index is 12.5. The molecule has 32 heavy (non-hydrogen) atoms. The van der Waals surface area contributed by atoms with Crippen LogP contribution in [0.1, 0.15) is 61.9 Å². The summed E-state index contributed by atoms with van der Waals surface area (Å²) < 4.78 is 11.2. The van der Waals surface area contributed by atoms with E-state index >= 15 is 0 Å². The van der Waals surface area contributed by atoms with Crippen molar-refractivity contribution in [3.8, 4) is 22.9 Å². The van der Waals surface area contributed by atoms with Crippen molar-refractivity contribution in [3.63, 3.8) is 0 Å². The fraction of sp³-hybridized carbons (Fsp3) is 0.346. The van der Waals surface area contributed by atoms with Gasteiger partial charge >= 0.3 is 5.97 Å². The molecule has 0 amide bonds. The van der Waals surface area contributed by atoms with Crippen LogP contribution in [0.15, 0.2) is 54.9 Å². The number of carbonyl (C=O) groups is 1. The Morgan fingerprint density at radius 2 is 1.69 bits per heavy atom. The molecule has 5 nitrogen and oxygen atoms in total. The van der Waals surface area contributed by atoms with Gasteiger partial charge in [-0.15, -0.1) is 0 Å².